The number of nitro benzene ring substituents is 1. The van der Waals surface area contributed by atoms with E-state index in [0.29, 0.717) is 11.6 Å². The highest BCUT2D eigenvalue weighted by Crippen LogP contribution is 2.27. The van der Waals surface area contributed by atoms with Gasteiger partial charge in [-0.3, -0.25) is 10.1 Å². The third-order valence-corrected chi connectivity index (χ3v) is 3.69. The largest absolute Gasteiger partial charge is 0.379 e. The number of rotatable bonds is 4. The molecule has 0 saturated carbocycles. The standard InChI is InChI=1S/C15H12ClN3O2/c16-15-12-3-1-2-4-13(12)18-14(15)9-17-10-5-7-11(8-6-10)19(20)21/h1-8,17-18H,9H2. The highest BCUT2D eigenvalue weighted by molar-refractivity contribution is 6.36. The number of nitro groups is 1. The number of fused-ring (bicyclic) bond motifs is 1. The number of aromatic amines is 1. The van der Waals surface area contributed by atoms with Crippen LogP contribution in [-0.4, -0.2) is 9.91 Å². The van der Waals surface area contributed by atoms with Crippen molar-refractivity contribution in [2.45, 2.75) is 6.54 Å². The lowest BCUT2D eigenvalue weighted by Gasteiger charge is -2.05. The van der Waals surface area contributed by atoms with Crippen molar-refractivity contribution in [3.63, 3.8) is 0 Å². The Morgan fingerprint density at radius 3 is 2.52 bits per heavy atom. The van der Waals surface area contributed by atoms with Crippen LogP contribution in [0.2, 0.25) is 5.02 Å². The van der Waals surface area contributed by atoms with Crippen LogP contribution < -0.4 is 5.32 Å². The van der Waals surface area contributed by atoms with Crippen LogP contribution in [0, 0.1) is 10.1 Å². The number of halogens is 1. The maximum Gasteiger partial charge on any atom is 0.269 e. The molecule has 0 spiro atoms. The zero-order valence-electron chi connectivity index (χ0n) is 11.0. The second kappa shape index (κ2) is 5.46. The molecule has 3 rings (SSSR count). The summed E-state index contributed by atoms with van der Waals surface area (Å²) in [5, 5.41) is 15.5. The molecule has 0 amide bonds. The molecular weight excluding hydrogens is 290 g/mol. The summed E-state index contributed by atoms with van der Waals surface area (Å²) < 4.78 is 0. The molecule has 0 radical (unpaired) electrons. The highest BCUT2D eigenvalue weighted by Gasteiger charge is 2.09. The fourth-order valence-corrected chi connectivity index (χ4v) is 2.46. The highest BCUT2D eigenvalue weighted by atomic mass is 35.5. The Bertz CT molecular complexity index is 796. The molecule has 0 fully saturated rings. The predicted octanol–water partition coefficient (Wildman–Crippen LogP) is 4.34. The molecule has 0 bridgehead atoms. The van der Waals surface area contributed by atoms with E-state index in [-0.39, 0.29) is 5.69 Å². The molecule has 1 heterocycles. The van der Waals surface area contributed by atoms with Crippen LogP contribution in [0.4, 0.5) is 11.4 Å². The first kappa shape index (κ1) is 13.5. The third-order valence-electron chi connectivity index (χ3n) is 3.26. The van der Waals surface area contributed by atoms with Crippen LogP contribution in [0.25, 0.3) is 10.9 Å². The maximum atomic E-state index is 10.6. The first-order valence-electron chi connectivity index (χ1n) is 6.38. The lowest BCUT2D eigenvalue weighted by molar-refractivity contribution is -0.384. The van der Waals surface area contributed by atoms with Crippen molar-refractivity contribution >= 4 is 33.9 Å². The van der Waals surface area contributed by atoms with Crippen LogP contribution in [0.3, 0.4) is 0 Å². The van der Waals surface area contributed by atoms with Gasteiger partial charge < -0.3 is 10.3 Å². The van der Waals surface area contributed by atoms with Crippen molar-refractivity contribution in [2.24, 2.45) is 0 Å². The van der Waals surface area contributed by atoms with Gasteiger partial charge in [0.25, 0.3) is 5.69 Å². The van der Waals surface area contributed by atoms with Gasteiger partial charge >= 0.3 is 0 Å². The number of para-hydroxylation sites is 1. The summed E-state index contributed by atoms with van der Waals surface area (Å²) in [6.07, 6.45) is 0. The number of non-ortho nitro benzene ring substituents is 1. The second-order valence-electron chi connectivity index (χ2n) is 4.62. The molecule has 0 unspecified atom stereocenters. The van der Waals surface area contributed by atoms with Crippen LogP contribution in [0.1, 0.15) is 5.69 Å². The molecule has 0 saturated heterocycles. The van der Waals surface area contributed by atoms with Gasteiger partial charge in [-0.15, -0.1) is 0 Å². The number of hydrogen-bond donors (Lipinski definition) is 2. The number of nitrogens with one attached hydrogen (secondary N) is 2. The van der Waals surface area contributed by atoms with Crippen molar-refractivity contribution in [3.05, 3.63) is 69.4 Å². The van der Waals surface area contributed by atoms with Gasteiger partial charge in [0.15, 0.2) is 0 Å². The monoisotopic (exact) mass is 301 g/mol. The van der Waals surface area contributed by atoms with E-state index in [1.807, 2.05) is 24.3 Å². The number of benzene rings is 2. The predicted molar refractivity (Wildman–Crippen MR) is 83.7 cm³/mol. The molecule has 0 atom stereocenters. The molecule has 2 aromatic carbocycles. The number of anilines is 1. The lowest BCUT2D eigenvalue weighted by Crippen LogP contribution is -2.00. The van der Waals surface area contributed by atoms with Crippen LogP contribution in [-0.2, 0) is 6.54 Å². The summed E-state index contributed by atoms with van der Waals surface area (Å²) in [7, 11) is 0. The molecule has 6 heteroatoms. The Kier molecular flexibility index (Phi) is 3.50. The van der Waals surface area contributed by atoms with E-state index in [1.54, 1.807) is 12.1 Å². The molecule has 0 aliphatic heterocycles. The third kappa shape index (κ3) is 2.68. The van der Waals surface area contributed by atoms with Gasteiger partial charge in [-0.05, 0) is 18.2 Å². The van der Waals surface area contributed by atoms with Crippen molar-refractivity contribution in [2.75, 3.05) is 5.32 Å². The summed E-state index contributed by atoms with van der Waals surface area (Å²) in [6.45, 7) is 0.519. The normalized spacial score (nSPS) is 10.7. The number of aromatic nitrogens is 1. The van der Waals surface area contributed by atoms with Gasteiger partial charge in [0.1, 0.15) is 0 Å². The summed E-state index contributed by atoms with van der Waals surface area (Å²) in [4.78, 5) is 13.4. The fourth-order valence-electron chi connectivity index (χ4n) is 2.18. The maximum absolute atomic E-state index is 10.6. The van der Waals surface area contributed by atoms with E-state index >= 15 is 0 Å². The Balaban J connectivity index is 1.77. The van der Waals surface area contributed by atoms with Gasteiger partial charge in [-0.2, -0.15) is 0 Å². The SMILES string of the molecule is O=[N+]([O-])c1ccc(NCc2[nH]c3ccccc3c2Cl)cc1. The van der Waals surface area contributed by atoms with E-state index in [0.717, 1.165) is 22.3 Å². The molecule has 3 aromatic rings. The van der Waals surface area contributed by atoms with Crippen LogP contribution in [0.15, 0.2) is 48.5 Å². The van der Waals surface area contributed by atoms with Crippen molar-refractivity contribution in [1.29, 1.82) is 0 Å². The number of hydrogen-bond acceptors (Lipinski definition) is 3. The van der Waals surface area contributed by atoms with E-state index in [9.17, 15) is 10.1 Å². The van der Waals surface area contributed by atoms with Crippen molar-refractivity contribution in [3.8, 4) is 0 Å². The van der Waals surface area contributed by atoms with Crippen LogP contribution >= 0.6 is 11.6 Å². The number of nitrogens with zero attached hydrogens (tertiary/aromatic N) is 1. The molecule has 0 aliphatic carbocycles. The Morgan fingerprint density at radius 2 is 1.86 bits per heavy atom. The minimum absolute atomic E-state index is 0.0733. The van der Waals surface area contributed by atoms with Crippen molar-refractivity contribution in [1.82, 2.24) is 4.98 Å². The van der Waals surface area contributed by atoms with Gasteiger partial charge in [0, 0.05) is 28.7 Å². The summed E-state index contributed by atoms with van der Waals surface area (Å²) >= 11 is 6.33. The minimum Gasteiger partial charge on any atom is -0.379 e. The molecule has 1 aromatic heterocycles. The van der Waals surface area contributed by atoms with Gasteiger partial charge in [-0.25, -0.2) is 0 Å². The first-order chi connectivity index (χ1) is 10.1. The topological polar surface area (TPSA) is 71.0 Å². The Hall–Kier alpha value is -2.53. The first-order valence-corrected chi connectivity index (χ1v) is 6.76. The molecule has 21 heavy (non-hydrogen) atoms. The molecule has 5 nitrogen and oxygen atoms in total. The van der Waals surface area contributed by atoms with E-state index in [4.69, 9.17) is 11.6 Å². The van der Waals surface area contributed by atoms with Crippen LogP contribution in [0.5, 0.6) is 0 Å². The average molecular weight is 302 g/mol. The fraction of sp³-hybridized carbons (Fsp3) is 0.0667. The molecular formula is C15H12ClN3O2. The van der Waals surface area contributed by atoms with E-state index < -0.39 is 4.92 Å². The quantitative estimate of drug-likeness (QED) is 0.556. The van der Waals surface area contributed by atoms with Gasteiger partial charge in [0.05, 0.1) is 22.2 Å². The Labute approximate surface area is 125 Å². The van der Waals surface area contributed by atoms with Crippen molar-refractivity contribution < 1.29 is 4.92 Å². The van der Waals surface area contributed by atoms with Gasteiger partial charge in [-0.1, -0.05) is 29.8 Å². The molecule has 0 aliphatic rings. The Morgan fingerprint density at radius 1 is 1.14 bits per heavy atom. The summed E-state index contributed by atoms with van der Waals surface area (Å²) in [6, 6.07) is 14.1. The zero-order valence-corrected chi connectivity index (χ0v) is 11.7. The molecule has 2 N–H and O–H groups in total. The second-order valence-corrected chi connectivity index (χ2v) is 5.00. The number of H-pyrrole nitrogens is 1. The smallest absolute Gasteiger partial charge is 0.269 e. The van der Waals surface area contributed by atoms with Gasteiger partial charge in [0.2, 0.25) is 0 Å². The average Bonchev–Trinajstić information content (AvgIpc) is 2.82. The minimum atomic E-state index is -0.418. The summed E-state index contributed by atoms with van der Waals surface area (Å²) in [5.41, 5.74) is 2.75. The molecule has 106 valence electrons. The van der Waals surface area contributed by atoms with E-state index in [1.165, 1.54) is 12.1 Å². The lowest BCUT2D eigenvalue weighted by atomic mass is 10.2. The zero-order chi connectivity index (χ0) is 14.8. The van der Waals surface area contributed by atoms with E-state index in [2.05, 4.69) is 10.3 Å². The summed E-state index contributed by atoms with van der Waals surface area (Å²) in [5.74, 6) is 0.